The maximum absolute atomic E-state index is 5.75. The van der Waals surface area contributed by atoms with E-state index in [1.165, 1.54) is 31.4 Å². The lowest BCUT2D eigenvalue weighted by Gasteiger charge is -2.23. The molecule has 1 heterocycles. The van der Waals surface area contributed by atoms with Gasteiger partial charge in [-0.2, -0.15) is 0 Å². The Balaban J connectivity index is 1.47. The normalized spacial score (nSPS) is 18.6. The summed E-state index contributed by atoms with van der Waals surface area (Å²) in [6.45, 7) is 5.72. The highest BCUT2D eigenvalue weighted by molar-refractivity contribution is 5.28. The predicted molar refractivity (Wildman–Crippen MR) is 87.0 cm³/mol. The molecule has 0 aliphatic carbocycles. The number of piperidine rings is 1. The van der Waals surface area contributed by atoms with Crippen molar-refractivity contribution in [2.24, 2.45) is 0 Å². The van der Waals surface area contributed by atoms with E-state index in [1.54, 1.807) is 0 Å². The van der Waals surface area contributed by atoms with Gasteiger partial charge in [0, 0.05) is 25.7 Å². The molecule has 1 N–H and O–H groups in total. The molecule has 1 fully saturated rings. The Kier molecular flexibility index (Phi) is 7.61. The Morgan fingerprint density at radius 1 is 1.19 bits per heavy atom. The van der Waals surface area contributed by atoms with Gasteiger partial charge in [-0.3, -0.25) is 0 Å². The Bertz CT molecular complexity index is 389. The molecule has 1 aromatic carbocycles. The van der Waals surface area contributed by atoms with Crippen molar-refractivity contribution in [3.05, 3.63) is 29.8 Å². The van der Waals surface area contributed by atoms with E-state index in [0.29, 0.717) is 6.04 Å². The molecule has 1 aliphatic heterocycles. The van der Waals surface area contributed by atoms with Crippen LogP contribution in [0, 0.1) is 0 Å². The van der Waals surface area contributed by atoms with Crippen LogP contribution in [0.3, 0.4) is 0 Å². The van der Waals surface area contributed by atoms with Gasteiger partial charge in [0.15, 0.2) is 0 Å². The second-order valence-corrected chi connectivity index (χ2v) is 5.75. The first-order valence-electron chi connectivity index (χ1n) is 8.41. The van der Waals surface area contributed by atoms with Crippen LogP contribution < -0.4 is 10.1 Å². The summed E-state index contributed by atoms with van der Waals surface area (Å²) in [5.41, 5.74) is 1.32. The molecule has 3 heteroatoms. The predicted octanol–water partition coefficient (Wildman–Crippen LogP) is 3.57. The minimum atomic E-state index is 0.673. The third-order valence-electron chi connectivity index (χ3n) is 4.03. The standard InChI is InChI=1S/C18H29NO2/c1-2-16-7-5-9-18(15-16)21-13-6-12-20-14-10-17-8-3-4-11-19-17/h5,7,9,15,17,19H,2-4,6,8,10-14H2,1H3. The number of hydrogen-bond acceptors (Lipinski definition) is 3. The molecule has 3 nitrogen and oxygen atoms in total. The van der Waals surface area contributed by atoms with E-state index >= 15 is 0 Å². The summed E-state index contributed by atoms with van der Waals surface area (Å²) in [5, 5.41) is 3.55. The summed E-state index contributed by atoms with van der Waals surface area (Å²) < 4.78 is 11.5. The molecule has 118 valence electrons. The van der Waals surface area contributed by atoms with Crippen LogP contribution in [-0.4, -0.2) is 32.4 Å². The highest BCUT2D eigenvalue weighted by Crippen LogP contribution is 2.14. The van der Waals surface area contributed by atoms with Crippen molar-refractivity contribution in [2.75, 3.05) is 26.4 Å². The molecular formula is C18H29NO2. The molecule has 1 atom stereocenters. The highest BCUT2D eigenvalue weighted by Gasteiger charge is 2.11. The van der Waals surface area contributed by atoms with Crippen LogP contribution in [0.4, 0.5) is 0 Å². The first kappa shape index (κ1) is 16.3. The van der Waals surface area contributed by atoms with Crippen LogP contribution >= 0.6 is 0 Å². The van der Waals surface area contributed by atoms with Crippen LogP contribution in [0.2, 0.25) is 0 Å². The zero-order chi connectivity index (χ0) is 14.8. The van der Waals surface area contributed by atoms with Crippen LogP contribution in [0.25, 0.3) is 0 Å². The molecule has 2 rings (SSSR count). The van der Waals surface area contributed by atoms with Crippen LogP contribution in [0.15, 0.2) is 24.3 Å². The van der Waals surface area contributed by atoms with Crippen LogP contribution in [0.5, 0.6) is 5.75 Å². The molecule has 0 aromatic heterocycles. The van der Waals surface area contributed by atoms with Crippen molar-refractivity contribution in [2.45, 2.75) is 51.5 Å². The van der Waals surface area contributed by atoms with E-state index in [1.807, 2.05) is 6.07 Å². The largest absolute Gasteiger partial charge is 0.493 e. The highest BCUT2D eigenvalue weighted by atomic mass is 16.5. The second-order valence-electron chi connectivity index (χ2n) is 5.75. The van der Waals surface area contributed by atoms with E-state index in [0.717, 1.165) is 44.8 Å². The third-order valence-corrected chi connectivity index (χ3v) is 4.03. The Morgan fingerprint density at radius 3 is 2.95 bits per heavy atom. The summed E-state index contributed by atoms with van der Waals surface area (Å²) in [5.74, 6) is 0.973. The summed E-state index contributed by atoms with van der Waals surface area (Å²) in [6, 6.07) is 9.01. The maximum atomic E-state index is 5.75. The van der Waals surface area contributed by atoms with Crippen molar-refractivity contribution >= 4 is 0 Å². The van der Waals surface area contributed by atoms with Crippen molar-refractivity contribution < 1.29 is 9.47 Å². The van der Waals surface area contributed by atoms with Gasteiger partial charge < -0.3 is 14.8 Å². The van der Waals surface area contributed by atoms with Gasteiger partial charge in [0.1, 0.15) is 5.75 Å². The molecule has 0 radical (unpaired) electrons. The quantitative estimate of drug-likeness (QED) is 0.706. The molecule has 21 heavy (non-hydrogen) atoms. The number of ether oxygens (including phenoxy) is 2. The smallest absolute Gasteiger partial charge is 0.119 e. The van der Waals surface area contributed by atoms with Crippen LogP contribution in [0.1, 0.15) is 44.6 Å². The lowest BCUT2D eigenvalue weighted by molar-refractivity contribution is 0.108. The molecule has 0 amide bonds. The Morgan fingerprint density at radius 2 is 2.14 bits per heavy atom. The van der Waals surface area contributed by atoms with E-state index in [2.05, 4.69) is 30.4 Å². The average molecular weight is 291 g/mol. The van der Waals surface area contributed by atoms with Gasteiger partial charge in [0.2, 0.25) is 0 Å². The molecule has 1 aromatic rings. The van der Waals surface area contributed by atoms with Gasteiger partial charge in [0.05, 0.1) is 6.61 Å². The molecule has 0 bridgehead atoms. The zero-order valence-electron chi connectivity index (χ0n) is 13.3. The fourth-order valence-corrected chi connectivity index (χ4v) is 2.70. The van der Waals surface area contributed by atoms with Gasteiger partial charge in [-0.05, 0) is 49.9 Å². The minimum absolute atomic E-state index is 0.673. The van der Waals surface area contributed by atoms with Crippen molar-refractivity contribution in [1.29, 1.82) is 0 Å². The average Bonchev–Trinajstić information content (AvgIpc) is 2.55. The van der Waals surface area contributed by atoms with E-state index in [9.17, 15) is 0 Å². The topological polar surface area (TPSA) is 30.5 Å². The first-order chi connectivity index (χ1) is 10.4. The van der Waals surface area contributed by atoms with Crippen molar-refractivity contribution in [3.8, 4) is 5.75 Å². The van der Waals surface area contributed by atoms with E-state index in [4.69, 9.17) is 9.47 Å². The molecule has 0 saturated carbocycles. The SMILES string of the molecule is CCc1cccc(OCCCOCCC2CCCCN2)c1. The monoisotopic (exact) mass is 291 g/mol. The van der Waals surface area contributed by atoms with Crippen LogP contribution in [-0.2, 0) is 11.2 Å². The first-order valence-corrected chi connectivity index (χ1v) is 8.41. The second kappa shape index (κ2) is 9.80. The fraction of sp³-hybridized carbons (Fsp3) is 0.667. The molecular weight excluding hydrogens is 262 g/mol. The summed E-state index contributed by atoms with van der Waals surface area (Å²) in [4.78, 5) is 0. The summed E-state index contributed by atoms with van der Waals surface area (Å²) >= 11 is 0. The van der Waals surface area contributed by atoms with Gasteiger partial charge >= 0.3 is 0 Å². The molecule has 0 spiro atoms. The molecule has 1 unspecified atom stereocenters. The van der Waals surface area contributed by atoms with Gasteiger partial charge in [0.25, 0.3) is 0 Å². The Labute approximate surface area is 129 Å². The Hall–Kier alpha value is -1.06. The third kappa shape index (κ3) is 6.49. The summed E-state index contributed by atoms with van der Waals surface area (Å²) in [7, 11) is 0. The van der Waals surface area contributed by atoms with Crippen molar-refractivity contribution in [1.82, 2.24) is 5.32 Å². The number of aryl methyl sites for hydroxylation is 1. The van der Waals surface area contributed by atoms with Crippen molar-refractivity contribution in [3.63, 3.8) is 0 Å². The minimum Gasteiger partial charge on any atom is -0.493 e. The number of nitrogens with one attached hydrogen (secondary N) is 1. The lowest BCUT2D eigenvalue weighted by Crippen LogP contribution is -2.34. The molecule has 1 saturated heterocycles. The lowest BCUT2D eigenvalue weighted by atomic mass is 10.0. The van der Waals surface area contributed by atoms with Gasteiger partial charge in [-0.1, -0.05) is 25.5 Å². The number of benzene rings is 1. The zero-order valence-corrected chi connectivity index (χ0v) is 13.3. The summed E-state index contributed by atoms with van der Waals surface area (Å²) in [6.07, 6.45) is 7.14. The maximum Gasteiger partial charge on any atom is 0.119 e. The van der Waals surface area contributed by atoms with Gasteiger partial charge in [-0.25, -0.2) is 0 Å². The van der Waals surface area contributed by atoms with E-state index in [-0.39, 0.29) is 0 Å². The molecule has 1 aliphatic rings. The van der Waals surface area contributed by atoms with Gasteiger partial charge in [-0.15, -0.1) is 0 Å². The van der Waals surface area contributed by atoms with E-state index < -0.39 is 0 Å². The number of hydrogen-bond donors (Lipinski definition) is 1. The number of rotatable bonds is 9. The fourth-order valence-electron chi connectivity index (χ4n) is 2.70.